The maximum Gasteiger partial charge on any atom is 0.0880 e. The molecule has 1 aromatic carbocycles. The summed E-state index contributed by atoms with van der Waals surface area (Å²) in [6.07, 6.45) is 0.792. The van der Waals surface area contributed by atoms with E-state index in [4.69, 9.17) is 5.21 Å². The molecule has 0 spiro atoms. The van der Waals surface area contributed by atoms with E-state index in [1.165, 1.54) is 0 Å². The van der Waals surface area contributed by atoms with Crippen molar-refractivity contribution >= 4 is 5.71 Å². The first-order valence-electron chi connectivity index (χ1n) is 6.09. The Morgan fingerprint density at radius 2 is 1.94 bits per heavy atom. The molecule has 0 atom stereocenters. The predicted molar refractivity (Wildman–Crippen MR) is 68.7 cm³/mol. The summed E-state index contributed by atoms with van der Waals surface area (Å²) in [6, 6.07) is 9.85. The molecule has 17 heavy (non-hydrogen) atoms. The van der Waals surface area contributed by atoms with Crippen LogP contribution < -0.4 is 5.32 Å². The first-order chi connectivity index (χ1) is 8.40. The summed E-state index contributed by atoms with van der Waals surface area (Å²) in [5.41, 5.74) is 1.77. The second-order valence-corrected chi connectivity index (χ2v) is 4.25. The van der Waals surface area contributed by atoms with Gasteiger partial charge < -0.3 is 15.4 Å². The van der Waals surface area contributed by atoms with Crippen LogP contribution in [-0.2, 0) is 0 Å². The summed E-state index contributed by atoms with van der Waals surface area (Å²) in [7, 11) is 0. The van der Waals surface area contributed by atoms with Gasteiger partial charge in [0.05, 0.1) is 5.71 Å². The van der Waals surface area contributed by atoms with Gasteiger partial charge in [-0.1, -0.05) is 35.5 Å². The first-order valence-corrected chi connectivity index (χ1v) is 6.09. The maximum absolute atomic E-state index is 9.07. The minimum Gasteiger partial charge on any atom is -0.411 e. The fourth-order valence-electron chi connectivity index (χ4n) is 2.08. The SMILES string of the molecule is O/N=C(/CCN1CCNCC1)c1ccccc1. The first kappa shape index (κ1) is 12.1. The van der Waals surface area contributed by atoms with Crippen molar-refractivity contribution in [3.8, 4) is 0 Å². The van der Waals surface area contributed by atoms with Crippen LogP contribution in [0, 0.1) is 0 Å². The van der Waals surface area contributed by atoms with Crippen LogP contribution in [0.25, 0.3) is 0 Å². The molecule has 0 unspecified atom stereocenters. The quantitative estimate of drug-likeness (QED) is 0.466. The molecule has 2 rings (SSSR count). The summed E-state index contributed by atoms with van der Waals surface area (Å²) >= 11 is 0. The van der Waals surface area contributed by atoms with Crippen LogP contribution in [0.4, 0.5) is 0 Å². The zero-order chi connectivity index (χ0) is 11.9. The Labute approximate surface area is 102 Å². The third-order valence-electron chi connectivity index (χ3n) is 3.10. The third-order valence-corrected chi connectivity index (χ3v) is 3.10. The lowest BCUT2D eigenvalue weighted by Crippen LogP contribution is -2.44. The Kier molecular flexibility index (Phi) is 4.53. The predicted octanol–water partition coefficient (Wildman–Crippen LogP) is 1.16. The molecule has 0 aromatic heterocycles. The van der Waals surface area contributed by atoms with E-state index >= 15 is 0 Å². The van der Waals surface area contributed by atoms with E-state index in [-0.39, 0.29) is 0 Å². The molecular weight excluding hydrogens is 214 g/mol. The van der Waals surface area contributed by atoms with Crippen molar-refractivity contribution in [3.05, 3.63) is 35.9 Å². The normalized spacial score (nSPS) is 18.2. The maximum atomic E-state index is 9.07. The van der Waals surface area contributed by atoms with Crippen molar-refractivity contribution in [3.63, 3.8) is 0 Å². The Bertz CT molecular complexity index is 358. The van der Waals surface area contributed by atoms with E-state index < -0.39 is 0 Å². The minimum absolute atomic E-state index is 0.768. The highest BCUT2D eigenvalue weighted by Gasteiger charge is 2.11. The molecule has 1 aliphatic rings. The number of hydrogen-bond acceptors (Lipinski definition) is 4. The van der Waals surface area contributed by atoms with Gasteiger partial charge >= 0.3 is 0 Å². The van der Waals surface area contributed by atoms with Crippen LogP contribution in [0.3, 0.4) is 0 Å². The molecule has 1 heterocycles. The van der Waals surface area contributed by atoms with Crippen molar-refractivity contribution in [2.24, 2.45) is 5.16 Å². The van der Waals surface area contributed by atoms with Crippen LogP contribution in [-0.4, -0.2) is 48.5 Å². The molecule has 4 nitrogen and oxygen atoms in total. The largest absolute Gasteiger partial charge is 0.411 e. The number of rotatable bonds is 4. The molecule has 92 valence electrons. The molecule has 0 radical (unpaired) electrons. The standard InChI is InChI=1S/C13H19N3O/c17-15-13(12-4-2-1-3-5-12)6-9-16-10-7-14-8-11-16/h1-5,14,17H,6-11H2/b15-13-. The zero-order valence-electron chi connectivity index (χ0n) is 9.97. The molecular formula is C13H19N3O. The molecule has 1 fully saturated rings. The van der Waals surface area contributed by atoms with Crippen molar-refractivity contribution in [2.75, 3.05) is 32.7 Å². The summed E-state index contributed by atoms with van der Waals surface area (Å²) in [5.74, 6) is 0. The van der Waals surface area contributed by atoms with Crippen molar-refractivity contribution < 1.29 is 5.21 Å². The van der Waals surface area contributed by atoms with Gasteiger partial charge in [0.2, 0.25) is 0 Å². The van der Waals surface area contributed by atoms with Crippen LogP contribution >= 0.6 is 0 Å². The molecule has 0 saturated carbocycles. The second kappa shape index (κ2) is 6.37. The third kappa shape index (κ3) is 3.54. The monoisotopic (exact) mass is 233 g/mol. The van der Waals surface area contributed by atoms with Gasteiger partial charge in [0, 0.05) is 39.1 Å². The molecule has 1 aliphatic heterocycles. The van der Waals surface area contributed by atoms with E-state index in [2.05, 4.69) is 15.4 Å². The smallest absolute Gasteiger partial charge is 0.0880 e. The van der Waals surface area contributed by atoms with E-state index in [1.807, 2.05) is 30.3 Å². The molecule has 0 amide bonds. The van der Waals surface area contributed by atoms with E-state index in [0.29, 0.717) is 0 Å². The lowest BCUT2D eigenvalue weighted by atomic mass is 10.1. The van der Waals surface area contributed by atoms with Gasteiger partial charge in [-0.15, -0.1) is 0 Å². The highest BCUT2D eigenvalue weighted by atomic mass is 16.4. The summed E-state index contributed by atoms with van der Waals surface area (Å²) in [4.78, 5) is 2.39. The van der Waals surface area contributed by atoms with Gasteiger partial charge in [-0.25, -0.2) is 0 Å². The zero-order valence-corrected chi connectivity index (χ0v) is 9.97. The number of oxime groups is 1. The Balaban J connectivity index is 1.88. The van der Waals surface area contributed by atoms with Crippen LogP contribution in [0.15, 0.2) is 35.5 Å². The Morgan fingerprint density at radius 3 is 2.59 bits per heavy atom. The van der Waals surface area contributed by atoms with Crippen molar-refractivity contribution in [2.45, 2.75) is 6.42 Å². The van der Waals surface area contributed by atoms with Gasteiger partial charge in [-0.05, 0) is 5.56 Å². The van der Waals surface area contributed by atoms with Gasteiger partial charge in [-0.3, -0.25) is 0 Å². The second-order valence-electron chi connectivity index (χ2n) is 4.25. The molecule has 2 N–H and O–H groups in total. The van der Waals surface area contributed by atoms with Crippen molar-refractivity contribution in [1.29, 1.82) is 0 Å². The number of nitrogens with zero attached hydrogens (tertiary/aromatic N) is 2. The average Bonchev–Trinajstić information content (AvgIpc) is 2.42. The molecule has 4 heteroatoms. The fourth-order valence-corrected chi connectivity index (χ4v) is 2.08. The number of piperazine rings is 1. The topological polar surface area (TPSA) is 47.9 Å². The number of hydrogen-bond donors (Lipinski definition) is 2. The van der Waals surface area contributed by atoms with Crippen LogP contribution in [0.5, 0.6) is 0 Å². The highest BCUT2D eigenvalue weighted by molar-refractivity contribution is 6.00. The lowest BCUT2D eigenvalue weighted by Gasteiger charge is -2.27. The highest BCUT2D eigenvalue weighted by Crippen LogP contribution is 2.06. The number of nitrogens with one attached hydrogen (secondary N) is 1. The van der Waals surface area contributed by atoms with E-state index in [0.717, 1.165) is 50.4 Å². The molecule has 0 aliphatic carbocycles. The summed E-state index contributed by atoms with van der Waals surface area (Å²) in [5, 5.41) is 15.8. The van der Waals surface area contributed by atoms with Gasteiger partial charge in [-0.2, -0.15) is 0 Å². The fraction of sp³-hybridized carbons (Fsp3) is 0.462. The van der Waals surface area contributed by atoms with Gasteiger partial charge in [0.1, 0.15) is 0 Å². The summed E-state index contributed by atoms with van der Waals surface area (Å²) < 4.78 is 0. The number of benzene rings is 1. The van der Waals surface area contributed by atoms with Crippen LogP contribution in [0.1, 0.15) is 12.0 Å². The lowest BCUT2D eigenvalue weighted by molar-refractivity contribution is 0.246. The van der Waals surface area contributed by atoms with E-state index in [1.54, 1.807) is 0 Å². The Hall–Kier alpha value is -1.39. The minimum atomic E-state index is 0.768. The average molecular weight is 233 g/mol. The van der Waals surface area contributed by atoms with E-state index in [9.17, 15) is 0 Å². The summed E-state index contributed by atoms with van der Waals surface area (Å²) in [6.45, 7) is 5.21. The van der Waals surface area contributed by atoms with Gasteiger partial charge in [0.25, 0.3) is 0 Å². The van der Waals surface area contributed by atoms with Crippen molar-refractivity contribution in [1.82, 2.24) is 10.2 Å². The molecule has 0 bridgehead atoms. The van der Waals surface area contributed by atoms with Crippen LogP contribution in [0.2, 0.25) is 0 Å². The molecule has 1 saturated heterocycles. The Morgan fingerprint density at radius 1 is 1.24 bits per heavy atom. The van der Waals surface area contributed by atoms with Gasteiger partial charge in [0.15, 0.2) is 0 Å². The molecule has 1 aromatic rings.